The third-order valence-electron chi connectivity index (χ3n) is 5.01. The minimum absolute atomic E-state index is 0.0137. The van der Waals surface area contributed by atoms with Crippen molar-refractivity contribution in [1.29, 1.82) is 0 Å². The third-order valence-corrected chi connectivity index (χ3v) is 5.01. The molecule has 0 spiro atoms. The predicted molar refractivity (Wildman–Crippen MR) is 107 cm³/mol. The van der Waals surface area contributed by atoms with E-state index < -0.39 is 53.2 Å². The Balaban J connectivity index is 1.55. The van der Waals surface area contributed by atoms with Crippen LogP contribution in [0.2, 0.25) is 0 Å². The maximum atomic E-state index is 13.6. The fraction of sp³-hybridized carbons (Fsp3) is 0.286. The van der Waals surface area contributed by atoms with Crippen molar-refractivity contribution in [3.8, 4) is 11.4 Å². The second kappa shape index (κ2) is 8.54. The maximum Gasteiger partial charge on any atom is 0.422 e. The summed E-state index contributed by atoms with van der Waals surface area (Å²) in [5.41, 5.74) is -1.52. The molecule has 2 aromatic heterocycles. The van der Waals surface area contributed by atoms with Gasteiger partial charge in [-0.05, 0) is 24.3 Å². The molecular formula is C21H16F6N4O3. The Morgan fingerprint density at radius 2 is 1.94 bits per heavy atom. The fourth-order valence-corrected chi connectivity index (χ4v) is 3.23. The van der Waals surface area contributed by atoms with Gasteiger partial charge in [-0.1, -0.05) is 0 Å². The van der Waals surface area contributed by atoms with Crippen LogP contribution in [-0.4, -0.2) is 39.0 Å². The van der Waals surface area contributed by atoms with Gasteiger partial charge in [0.25, 0.3) is 17.4 Å². The number of hydrogen-bond donors (Lipinski definition) is 1. The number of alkyl halides is 5. The molecule has 180 valence electrons. The molecule has 7 nitrogen and oxygen atoms in total. The summed E-state index contributed by atoms with van der Waals surface area (Å²) in [4.78, 5) is 25.5. The van der Waals surface area contributed by atoms with E-state index in [1.807, 2.05) is 0 Å². The summed E-state index contributed by atoms with van der Waals surface area (Å²) in [5, 5.41) is 6.35. The zero-order valence-corrected chi connectivity index (χ0v) is 17.2. The van der Waals surface area contributed by atoms with Crippen LogP contribution in [0.5, 0.6) is 5.75 Å². The van der Waals surface area contributed by atoms with E-state index in [1.165, 1.54) is 35.3 Å². The van der Waals surface area contributed by atoms with E-state index in [0.29, 0.717) is 6.07 Å². The van der Waals surface area contributed by atoms with Crippen LogP contribution in [0.4, 0.5) is 32.2 Å². The summed E-state index contributed by atoms with van der Waals surface area (Å²) >= 11 is 0. The molecule has 1 atom stereocenters. The molecule has 1 aliphatic rings. The molecule has 1 fully saturated rings. The molecule has 1 N–H and O–H groups in total. The molecule has 1 saturated carbocycles. The Morgan fingerprint density at radius 1 is 1.21 bits per heavy atom. The number of aromatic nitrogens is 3. The van der Waals surface area contributed by atoms with Gasteiger partial charge in [0.1, 0.15) is 17.1 Å². The quantitative estimate of drug-likeness (QED) is 0.512. The van der Waals surface area contributed by atoms with Gasteiger partial charge in [0.15, 0.2) is 12.4 Å². The van der Waals surface area contributed by atoms with Crippen LogP contribution in [0.3, 0.4) is 0 Å². The number of carbonyl (C=O) groups excluding carboxylic acids is 1. The number of anilines is 1. The van der Waals surface area contributed by atoms with Crippen molar-refractivity contribution in [2.45, 2.75) is 25.1 Å². The van der Waals surface area contributed by atoms with Crippen molar-refractivity contribution < 1.29 is 35.9 Å². The van der Waals surface area contributed by atoms with Gasteiger partial charge in [0.2, 0.25) is 0 Å². The minimum atomic E-state index is -4.70. The molecule has 2 heterocycles. The Morgan fingerprint density at radius 3 is 2.62 bits per heavy atom. The van der Waals surface area contributed by atoms with Crippen LogP contribution in [0.15, 0.2) is 53.6 Å². The number of benzene rings is 1. The number of rotatable bonds is 7. The molecule has 0 bridgehead atoms. The lowest BCUT2D eigenvalue weighted by Crippen LogP contribution is -2.28. The average Bonchev–Trinajstić information content (AvgIpc) is 3.12. The molecule has 1 aromatic carbocycles. The SMILES string of the molecule is O=C(Nc1ccn(C[C@H]2CC2(F)F)n1)c1cccn(-c2ccc(F)cc2OCC(F)(F)F)c1=O. The number of ether oxygens (including phenoxy) is 1. The van der Waals surface area contributed by atoms with Crippen molar-refractivity contribution in [3.05, 3.63) is 70.5 Å². The van der Waals surface area contributed by atoms with E-state index in [4.69, 9.17) is 0 Å². The van der Waals surface area contributed by atoms with Crippen LogP contribution in [0, 0.1) is 11.7 Å². The summed E-state index contributed by atoms with van der Waals surface area (Å²) in [6.07, 6.45) is -2.36. The van der Waals surface area contributed by atoms with Crippen molar-refractivity contribution in [3.63, 3.8) is 0 Å². The normalized spacial score (nSPS) is 16.8. The standard InChI is InChI=1S/C21H16F6N4O3/c22-13-3-4-15(16(8-13)34-11-21(25,26)27)31-6-1-2-14(19(31)33)18(32)28-17-5-7-30(29-17)10-12-9-20(12,23)24/h1-8,12H,9-11H2,(H,28,29,32)/t12-/m1/s1. The number of amides is 1. The van der Waals surface area contributed by atoms with Crippen molar-refractivity contribution in [1.82, 2.24) is 14.3 Å². The van der Waals surface area contributed by atoms with Crippen LogP contribution < -0.4 is 15.6 Å². The van der Waals surface area contributed by atoms with E-state index in [9.17, 15) is 35.9 Å². The monoisotopic (exact) mass is 486 g/mol. The predicted octanol–water partition coefficient (Wildman–Crippen LogP) is 4.02. The Labute approximate surface area is 187 Å². The van der Waals surface area contributed by atoms with Gasteiger partial charge in [-0.2, -0.15) is 18.3 Å². The second-order valence-corrected chi connectivity index (χ2v) is 7.65. The molecule has 1 aliphatic carbocycles. The molecule has 3 aromatic rings. The van der Waals surface area contributed by atoms with Crippen LogP contribution >= 0.6 is 0 Å². The number of nitrogens with zero attached hydrogens (tertiary/aromatic N) is 3. The molecule has 0 aliphatic heterocycles. The first kappa shape index (κ1) is 23.4. The van der Waals surface area contributed by atoms with Crippen molar-refractivity contribution >= 4 is 11.7 Å². The van der Waals surface area contributed by atoms with Gasteiger partial charge in [0, 0.05) is 43.4 Å². The Hall–Kier alpha value is -3.77. The number of nitrogens with one attached hydrogen (secondary N) is 1. The summed E-state index contributed by atoms with van der Waals surface area (Å²) in [6, 6.07) is 6.49. The Kier molecular flexibility index (Phi) is 5.87. The maximum absolute atomic E-state index is 13.6. The molecule has 1 amide bonds. The van der Waals surface area contributed by atoms with E-state index in [-0.39, 0.29) is 24.5 Å². The highest BCUT2D eigenvalue weighted by Gasteiger charge is 2.56. The summed E-state index contributed by atoms with van der Waals surface area (Å²) in [5.74, 6) is -5.87. The smallest absolute Gasteiger partial charge is 0.422 e. The number of halogens is 6. The molecule has 13 heteroatoms. The summed E-state index contributed by atoms with van der Waals surface area (Å²) in [6.45, 7) is -1.75. The molecule has 4 rings (SSSR count). The minimum Gasteiger partial charge on any atom is -0.482 e. The van der Waals surface area contributed by atoms with Crippen LogP contribution in [0.25, 0.3) is 5.69 Å². The first-order valence-electron chi connectivity index (χ1n) is 9.87. The van der Waals surface area contributed by atoms with Gasteiger partial charge >= 0.3 is 6.18 Å². The zero-order valence-electron chi connectivity index (χ0n) is 17.2. The first-order chi connectivity index (χ1) is 15.9. The van der Waals surface area contributed by atoms with Gasteiger partial charge < -0.3 is 10.1 Å². The van der Waals surface area contributed by atoms with E-state index in [1.54, 1.807) is 0 Å². The molecule has 34 heavy (non-hydrogen) atoms. The van der Waals surface area contributed by atoms with Crippen molar-refractivity contribution in [2.24, 2.45) is 5.92 Å². The first-order valence-corrected chi connectivity index (χ1v) is 9.87. The molecule has 0 saturated heterocycles. The second-order valence-electron chi connectivity index (χ2n) is 7.65. The van der Waals surface area contributed by atoms with Crippen LogP contribution in [0.1, 0.15) is 16.8 Å². The fourth-order valence-electron chi connectivity index (χ4n) is 3.23. The zero-order chi connectivity index (χ0) is 24.7. The number of hydrogen-bond acceptors (Lipinski definition) is 4. The lowest BCUT2D eigenvalue weighted by molar-refractivity contribution is -0.153. The molecular weight excluding hydrogens is 470 g/mol. The number of pyridine rings is 1. The largest absolute Gasteiger partial charge is 0.482 e. The highest BCUT2D eigenvalue weighted by Crippen LogP contribution is 2.49. The Bertz CT molecular complexity index is 1280. The van der Waals surface area contributed by atoms with E-state index in [0.717, 1.165) is 16.7 Å². The lowest BCUT2D eigenvalue weighted by Gasteiger charge is -2.15. The number of carbonyl (C=O) groups is 1. The average molecular weight is 486 g/mol. The van der Waals surface area contributed by atoms with Gasteiger partial charge in [0.05, 0.1) is 5.69 Å². The van der Waals surface area contributed by atoms with Gasteiger partial charge in [-0.15, -0.1) is 0 Å². The van der Waals surface area contributed by atoms with Gasteiger partial charge in [-0.25, -0.2) is 13.2 Å². The molecule has 0 radical (unpaired) electrons. The highest BCUT2D eigenvalue weighted by molar-refractivity contribution is 6.03. The third kappa shape index (κ3) is 5.24. The van der Waals surface area contributed by atoms with Crippen molar-refractivity contribution in [2.75, 3.05) is 11.9 Å². The summed E-state index contributed by atoms with van der Waals surface area (Å²) < 4.78 is 84.1. The summed E-state index contributed by atoms with van der Waals surface area (Å²) in [7, 11) is 0. The van der Waals surface area contributed by atoms with E-state index >= 15 is 0 Å². The molecule has 0 unspecified atom stereocenters. The highest BCUT2D eigenvalue weighted by atomic mass is 19.4. The van der Waals surface area contributed by atoms with Gasteiger partial charge in [-0.3, -0.25) is 18.8 Å². The van der Waals surface area contributed by atoms with Crippen LogP contribution in [-0.2, 0) is 6.54 Å². The lowest BCUT2D eigenvalue weighted by atomic mass is 10.2. The van der Waals surface area contributed by atoms with E-state index in [2.05, 4.69) is 15.2 Å². The topological polar surface area (TPSA) is 78.2 Å².